The van der Waals surface area contributed by atoms with Crippen LogP contribution in [-0.4, -0.2) is 18.1 Å². The molecule has 3 heteroatoms. The largest absolute Gasteiger partial charge is 0.469 e. The standard InChI is InChI=1S/C19H19NO2/c1-22-19(21)16(12-11-14-7-3-2-4-8-14)17-13-20-18-10-6-5-9-15(17)18/h2-10,13,16,20H,11-12H2,1H3. The number of hydrogen-bond donors (Lipinski definition) is 1. The van der Waals surface area contributed by atoms with Crippen LogP contribution in [0.25, 0.3) is 10.9 Å². The number of esters is 1. The molecule has 0 amide bonds. The Kier molecular flexibility index (Phi) is 4.24. The lowest BCUT2D eigenvalue weighted by Crippen LogP contribution is -2.15. The Bertz CT molecular complexity index is 761. The number of aromatic nitrogens is 1. The maximum absolute atomic E-state index is 12.2. The van der Waals surface area contributed by atoms with Gasteiger partial charge >= 0.3 is 5.97 Å². The minimum atomic E-state index is -0.249. The van der Waals surface area contributed by atoms with Crippen molar-refractivity contribution in [1.82, 2.24) is 4.98 Å². The zero-order valence-corrected chi connectivity index (χ0v) is 12.6. The number of ether oxygens (including phenoxy) is 1. The van der Waals surface area contributed by atoms with Crippen LogP contribution < -0.4 is 0 Å². The van der Waals surface area contributed by atoms with Crippen LogP contribution in [-0.2, 0) is 16.0 Å². The maximum Gasteiger partial charge on any atom is 0.313 e. The summed E-state index contributed by atoms with van der Waals surface area (Å²) in [7, 11) is 1.45. The van der Waals surface area contributed by atoms with Crippen LogP contribution in [0.5, 0.6) is 0 Å². The Morgan fingerprint density at radius 3 is 2.59 bits per heavy atom. The first-order valence-electron chi connectivity index (χ1n) is 7.47. The maximum atomic E-state index is 12.2. The second-order valence-corrected chi connectivity index (χ2v) is 5.39. The van der Waals surface area contributed by atoms with E-state index >= 15 is 0 Å². The van der Waals surface area contributed by atoms with Gasteiger partial charge in [0.1, 0.15) is 0 Å². The molecule has 1 unspecified atom stereocenters. The minimum absolute atomic E-state index is 0.180. The van der Waals surface area contributed by atoms with E-state index in [4.69, 9.17) is 4.74 Å². The number of para-hydroxylation sites is 1. The van der Waals surface area contributed by atoms with Gasteiger partial charge in [-0.3, -0.25) is 4.79 Å². The monoisotopic (exact) mass is 293 g/mol. The Morgan fingerprint density at radius 2 is 1.82 bits per heavy atom. The number of methoxy groups -OCH3 is 1. The molecule has 3 nitrogen and oxygen atoms in total. The van der Waals surface area contributed by atoms with Crippen LogP contribution >= 0.6 is 0 Å². The van der Waals surface area contributed by atoms with E-state index in [9.17, 15) is 4.79 Å². The van der Waals surface area contributed by atoms with Crippen molar-refractivity contribution in [1.29, 1.82) is 0 Å². The third-order valence-electron chi connectivity index (χ3n) is 4.05. The van der Waals surface area contributed by atoms with Crippen LogP contribution in [0.2, 0.25) is 0 Å². The summed E-state index contributed by atoms with van der Waals surface area (Å²) in [4.78, 5) is 15.5. The first-order chi connectivity index (χ1) is 10.8. The average Bonchev–Trinajstić information content (AvgIpc) is 3.00. The van der Waals surface area contributed by atoms with Gasteiger partial charge in [-0.15, -0.1) is 0 Å². The van der Waals surface area contributed by atoms with E-state index in [0.717, 1.165) is 29.3 Å². The van der Waals surface area contributed by atoms with E-state index in [-0.39, 0.29) is 11.9 Å². The van der Waals surface area contributed by atoms with Crippen molar-refractivity contribution in [2.24, 2.45) is 0 Å². The highest BCUT2D eigenvalue weighted by atomic mass is 16.5. The molecule has 0 aliphatic rings. The number of hydrogen-bond acceptors (Lipinski definition) is 2. The van der Waals surface area contributed by atoms with Crippen molar-refractivity contribution in [3.63, 3.8) is 0 Å². The van der Waals surface area contributed by atoms with Gasteiger partial charge in [-0.2, -0.15) is 0 Å². The highest BCUT2D eigenvalue weighted by Gasteiger charge is 2.24. The number of benzene rings is 2. The normalized spacial score (nSPS) is 12.2. The molecule has 0 saturated carbocycles. The van der Waals surface area contributed by atoms with Crippen molar-refractivity contribution < 1.29 is 9.53 Å². The molecule has 1 heterocycles. The van der Waals surface area contributed by atoms with Crippen molar-refractivity contribution in [2.45, 2.75) is 18.8 Å². The summed E-state index contributed by atoms with van der Waals surface area (Å²) in [5.41, 5.74) is 3.29. The van der Waals surface area contributed by atoms with Crippen LogP contribution in [0.1, 0.15) is 23.5 Å². The summed E-state index contributed by atoms with van der Waals surface area (Å²) in [6, 6.07) is 18.3. The molecule has 1 N–H and O–H groups in total. The summed E-state index contributed by atoms with van der Waals surface area (Å²) in [6.45, 7) is 0. The molecule has 112 valence electrons. The highest BCUT2D eigenvalue weighted by molar-refractivity contribution is 5.89. The van der Waals surface area contributed by atoms with E-state index < -0.39 is 0 Å². The summed E-state index contributed by atoms with van der Waals surface area (Å²) in [5.74, 6) is -0.429. The van der Waals surface area contributed by atoms with Gasteiger partial charge in [-0.05, 0) is 30.0 Å². The fourth-order valence-corrected chi connectivity index (χ4v) is 2.88. The molecular weight excluding hydrogens is 274 g/mol. The minimum Gasteiger partial charge on any atom is -0.469 e. The summed E-state index contributed by atoms with van der Waals surface area (Å²) >= 11 is 0. The van der Waals surface area contributed by atoms with Crippen LogP contribution in [0.15, 0.2) is 60.8 Å². The van der Waals surface area contributed by atoms with Crippen molar-refractivity contribution in [3.05, 3.63) is 71.9 Å². The molecule has 0 fully saturated rings. The second-order valence-electron chi connectivity index (χ2n) is 5.39. The number of carbonyl (C=O) groups is 1. The molecule has 1 aromatic heterocycles. The zero-order valence-electron chi connectivity index (χ0n) is 12.6. The molecule has 1 atom stereocenters. The first kappa shape index (κ1) is 14.4. The Labute approximate surface area is 129 Å². The van der Waals surface area contributed by atoms with E-state index in [1.807, 2.05) is 48.7 Å². The topological polar surface area (TPSA) is 42.1 Å². The predicted octanol–water partition coefficient (Wildman–Crippen LogP) is 4.06. The molecule has 0 radical (unpaired) electrons. The number of nitrogens with one attached hydrogen (secondary N) is 1. The summed E-state index contributed by atoms with van der Waals surface area (Å²) in [5, 5.41) is 1.09. The molecule has 0 bridgehead atoms. The lowest BCUT2D eigenvalue weighted by molar-refractivity contribution is -0.142. The van der Waals surface area contributed by atoms with Gasteiger partial charge in [0.2, 0.25) is 0 Å². The Balaban J connectivity index is 1.88. The number of rotatable bonds is 5. The number of aryl methyl sites for hydroxylation is 1. The number of carbonyl (C=O) groups excluding carboxylic acids is 1. The highest BCUT2D eigenvalue weighted by Crippen LogP contribution is 2.30. The van der Waals surface area contributed by atoms with Crippen molar-refractivity contribution >= 4 is 16.9 Å². The van der Waals surface area contributed by atoms with Gasteiger partial charge in [0.05, 0.1) is 13.0 Å². The molecule has 0 aliphatic heterocycles. The third-order valence-corrected chi connectivity index (χ3v) is 4.05. The average molecular weight is 293 g/mol. The van der Waals surface area contributed by atoms with Crippen LogP contribution in [0.4, 0.5) is 0 Å². The molecule has 3 rings (SSSR count). The van der Waals surface area contributed by atoms with E-state index in [1.54, 1.807) is 0 Å². The fraction of sp³-hybridized carbons (Fsp3) is 0.211. The van der Waals surface area contributed by atoms with Crippen LogP contribution in [0, 0.1) is 0 Å². The predicted molar refractivity (Wildman–Crippen MR) is 87.8 cm³/mol. The molecule has 0 spiro atoms. The SMILES string of the molecule is COC(=O)C(CCc1ccccc1)c1c[nH]c2ccccc12. The first-order valence-corrected chi connectivity index (χ1v) is 7.47. The smallest absolute Gasteiger partial charge is 0.313 e. The zero-order chi connectivity index (χ0) is 15.4. The number of fused-ring (bicyclic) bond motifs is 1. The summed E-state index contributed by atoms with van der Waals surface area (Å²) < 4.78 is 5.02. The summed E-state index contributed by atoms with van der Waals surface area (Å²) in [6.07, 6.45) is 3.51. The number of H-pyrrole nitrogens is 1. The van der Waals surface area contributed by atoms with Gasteiger partial charge < -0.3 is 9.72 Å². The van der Waals surface area contributed by atoms with Gasteiger partial charge in [-0.1, -0.05) is 48.5 Å². The Morgan fingerprint density at radius 1 is 1.09 bits per heavy atom. The fourth-order valence-electron chi connectivity index (χ4n) is 2.88. The molecule has 0 aliphatic carbocycles. The lowest BCUT2D eigenvalue weighted by Gasteiger charge is -2.14. The van der Waals surface area contributed by atoms with Gasteiger partial charge in [0.25, 0.3) is 0 Å². The molecule has 3 aromatic rings. The van der Waals surface area contributed by atoms with Crippen molar-refractivity contribution in [3.8, 4) is 0 Å². The lowest BCUT2D eigenvalue weighted by atomic mass is 9.92. The molecule has 22 heavy (non-hydrogen) atoms. The molecule has 0 saturated heterocycles. The molecule has 2 aromatic carbocycles. The van der Waals surface area contributed by atoms with E-state index in [0.29, 0.717) is 0 Å². The Hall–Kier alpha value is -2.55. The van der Waals surface area contributed by atoms with E-state index in [2.05, 4.69) is 17.1 Å². The van der Waals surface area contributed by atoms with E-state index in [1.165, 1.54) is 12.7 Å². The van der Waals surface area contributed by atoms with Gasteiger partial charge in [-0.25, -0.2) is 0 Å². The van der Waals surface area contributed by atoms with Gasteiger partial charge in [0, 0.05) is 17.1 Å². The quantitative estimate of drug-likeness (QED) is 0.721. The van der Waals surface area contributed by atoms with Crippen molar-refractivity contribution in [2.75, 3.05) is 7.11 Å². The van der Waals surface area contributed by atoms with Gasteiger partial charge in [0.15, 0.2) is 0 Å². The molecular formula is C19H19NO2. The second kappa shape index (κ2) is 6.48. The number of aromatic amines is 1. The third kappa shape index (κ3) is 2.89. The van der Waals surface area contributed by atoms with Crippen LogP contribution in [0.3, 0.4) is 0 Å².